The van der Waals surface area contributed by atoms with E-state index in [4.69, 9.17) is 19.7 Å². The maximum atomic E-state index is 11.2. The summed E-state index contributed by atoms with van der Waals surface area (Å²) < 4.78 is 13.1. The van der Waals surface area contributed by atoms with E-state index in [0.717, 1.165) is 89.0 Å². The zero-order valence-electron chi connectivity index (χ0n) is 48.1. The fourth-order valence-electron chi connectivity index (χ4n) is 10.8. The lowest BCUT2D eigenvalue weighted by molar-refractivity contribution is 0.00188. The van der Waals surface area contributed by atoms with E-state index >= 15 is 0 Å². The molecule has 2 N–H and O–H groups in total. The van der Waals surface area contributed by atoms with Gasteiger partial charge in [0.15, 0.2) is 0 Å². The second kappa shape index (κ2) is 29.3. The molecule has 0 saturated carbocycles. The smallest absolute Gasteiger partial charge is 0.0867 e. The van der Waals surface area contributed by atoms with Crippen molar-refractivity contribution < 1.29 is 19.7 Å². The van der Waals surface area contributed by atoms with Crippen molar-refractivity contribution in [2.75, 3.05) is 57.6 Å². The molecule has 10 nitrogen and oxygen atoms in total. The molecule has 0 spiro atoms. The van der Waals surface area contributed by atoms with Crippen molar-refractivity contribution in [1.29, 1.82) is 0 Å². The highest BCUT2D eigenvalue weighted by molar-refractivity contribution is 8.00. The van der Waals surface area contributed by atoms with Crippen LogP contribution < -0.4 is 19.8 Å². The average Bonchev–Trinajstić information content (AvgIpc) is 1.92. The molecule has 436 valence electrons. The van der Waals surface area contributed by atoms with Crippen LogP contribution in [0.4, 0.5) is 45.5 Å². The van der Waals surface area contributed by atoms with Crippen LogP contribution in [0.3, 0.4) is 0 Å². The number of rotatable bonds is 24. The van der Waals surface area contributed by atoms with Crippen LogP contribution >= 0.6 is 35.3 Å². The summed E-state index contributed by atoms with van der Waals surface area (Å²) in [6.07, 6.45) is 3.77. The molecule has 10 aromatic rings. The lowest BCUT2D eigenvalue weighted by atomic mass is 9.97. The van der Waals surface area contributed by atoms with E-state index in [1.165, 1.54) is 11.1 Å². The molecule has 0 amide bonds. The predicted molar refractivity (Wildman–Crippen MR) is 362 cm³/mol. The monoisotopic (exact) mass is 1200 g/mol. The summed E-state index contributed by atoms with van der Waals surface area (Å²) in [7, 11) is 0. The lowest BCUT2D eigenvalue weighted by Gasteiger charge is -2.36. The number of ether oxygens (including phenoxy) is 2. The standard InChI is InChI=1S/C74H68N6O4S3/c81-65(51-83-67-45-57-43-55(31-41-73(57)77(49-67)59-19-7-1-8-20-59)47-75-79(61-23-11-3-12-24-61)62-25-13-4-14-26-62)53-85-69-33-37-71(38-34-69)87-72-39-35-70(36-40-72)86-54-66(82)52-84-68-46-58-44-56(32-42-74(58)78(50-68)60-21-9-2-10-22-60)48-76-80(63-27-15-5-16-28-63)64-29-17-6-18-30-64/h1-44,47-48,65-68,81-82H,45-46,49-54H2/b75-47+,76-48+. The molecule has 0 aromatic heterocycles. The van der Waals surface area contributed by atoms with Crippen LogP contribution in [0.5, 0.6) is 0 Å². The lowest BCUT2D eigenvalue weighted by Crippen LogP contribution is -2.38. The summed E-state index contributed by atoms with van der Waals surface area (Å²) in [6, 6.07) is 91.6. The number of fused-ring (bicyclic) bond motifs is 2. The first-order valence-electron chi connectivity index (χ1n) is 29.4. The van der Waals surface area contributed by atoms with Crippen LogP contribution in [0.25, 0.3) is 0 Å². The van der Waals surface area contributed by atoms with Gasteiger partial charge < -0.3 is 29.5 Å². The second-order valence-corrected chi connectivity index (χ2v) is 24.8. The Kier molecular flexibility index (Phi) is 19.9. The summed E-state index contributed by atoms with van der Waals surface area (Å²) in [5.41, 5.74) is 12.8. The highest BCUT2D eigenvalue weighted by Crippen LogP contribution is 2.38. The van der Waals surface area contributed by atoms with Crippen molar-refractivity contribution in [1.82, 2.24) is 0 Å². The summed E-state index contributed by atoms with van der Waals surface area (Å²) in [5.74, 6) is 1.03. The van der Waals surface area contributed by atoms with E-state index in [1.54, 1.807) is 35.3 Å². The molecule has 2 aliphatic heterocycles. The summed E-state index contributed by atoms with van der Waals surface area (Å²) in [4.78, 5) is 9.09. The number of hydrazone groups is 2. The van der Waals surface area contributed by atoms with E-state index in [2.05, 4.69) is 192 Å². The fraction of sp³-hybridized carbons (Fsp3) is 0.162. The summed E-state index contributed by atoms with van der Waals surface area (Å²) in [6.45, 7) is 1.83. The maximum absolute atomic E-state index is 11.2. The normalized spacial score (nSPS) is 15.5. The van der Waals surface area contributed by atoms with Gasteiger partial charge in [0.25, 0.3) is 0 Å². The van der Waals surface area contributed by atoms with Gasteiger partial charge in [0.1, 0.15) is 0 Å². The third-order valence-electron chi connectivity index (χ3n) is 15.1. The van der Waals surface area contributed by atoms with Crippen molar-refractivity contribution >= 4 is 93.2 Å². The highest BCUT2D eigenvalue weighted by Gasteiger charge is 2.29. The van der Waals surface area contributed by atoms with E-state index < -0.39 is 12.2 Å². The van der Waals surface area contributed by atoms with Crippen LogP contribution in [0.1, 0.15) is 22.3 Å². The summed E-state index contributed by atoms with van der Waals surface area (Å²) >= 11 is 4.98. The predicted octanol–water partition coefficient (Wildman–Crippen LogP) is 16.6. The van der Waals surface area contributed by atoms with Crippen LogP contribution in [-0.4, -0.2) is 84.9 Å². The number of aliphatic hydroxyl groups excluding tert-OH is 2. The SMILES string of the molecule is OC(COC1Cc2cc(/C=N/N(c3ccccc3)c3ccccc3)ccc2N(c2ccccc2)C1)CSc1ccc(Sc2ccc(SCC(O)COC3Cc4cc(/C=N/N(c5ccccc5)c5ccccc5)ccc4N(c4ccccc4)C3)cc2)cc1. The van der Waals surface area contributed by atoms with Crippen molar-refractivity contribution in [3.05, 3.63) is 289 Å². The molecule has 0 saturated heterocycles. The number of aliphatic hydroxyl groups is 2. The number of benzene rings is 10. The van der Waals surface area contributed by atoms with Crippen LogP contribution in [0.15, 0.2) is 297 Å². The number of nitrogens with zero attached hydrogens (tertiary/aromatic N) is 6. The topological polar surface area (TPSA) is 96.6 Å². The zero-order chi connectivity index (χ0) is 59.0. The third kappa shape index (κ3) is 15.8. The van der Waals surface area contributed by atoms with Crippen LogP contribution in [-0.2, 0) is 22.3 Å². The molecule has 0 fully saturated rings. The van der Waals surface area contributed by atoms with E-state index in [1.807, 2.05) is 107 Å². The molecule has 12 rings (SSSR count). The Hall–Kier alpha value is -8.37. The third-order valence-corrected chi connectivity index (χ3v) is 18.4. The van der Waals surface area contributed by atoms with Crippen molar-refractivity contribution in [2.45, 2.75) is 56.8 Å². The molecule has 0 aliphatic carbocycles. The van der Waals surface area contributed by atoms with Crippen molar-refractivity contribution in [3.8, 4) is 0 Å². The molecule has 0 bridgehead atoms. The maximum Gasteiger partial charge on any atom is 0.0867 e. The van der Waals surface area contributed by atoms with Gasteiger partial charge in [-0.05, 0) is 168 Å². The molecule has 10 aromatic carbocycles. The number of para-hydroxylation sites is 6. The van der Waals surface area contributed by atoms with Crippen LogP contribution in [0, 0.1) is 0 Å². The van der Waals surface area contributed by atoms with Gasteiger partial charge in [-0.15, -0.1) is 23.5 Å². The highest BCUT2D eigenvalue weighted by atomic mass is 32.2. The van der Waals surface area contributed by atoms with Gasteiger partial charge >= 0.3 is 0 Å². The quantitative estimate of drug-likeness (QED) is 0.0344. The van der Waals surface area contributed by atoms with Gasteiger partial charge in [0, 0.05) is 79.8 Å². The number of hydrogen-bond donors (Lipinski definition) is 2. The van der Waals surface area contributed by atoms with Crippen molar-refractivity contribution in [2.24, 2.45) is 10.2 Å². The van der Waals surface area contributed by atoms with Gasteiger partial charge in [-0.2, -0.15) is 10.2 Å². The molecule has 4 atom stereocenters. The molecule has 2 aliphatic rings. The summed E-state index contributed by atoms with van der Waals surface area (Å²) in [5, 5.41) is 36.3. The molecule has 87 heavy (non-hydrogen) atoms. The number of thioether (sulfide) groups is 2. The average molecular weight is 1200 g/mol. The largest absolute Gasteiger partial charge is 0.390 e. The number of hydrogen-bond acceptors (Lipinski definition) is 13. The minimum Gasteiger partial charge on any atom is -0.390 e. The van der Waals surface area contributed by atoms with Gasteiger partial charge in [0.05, 0.1) is 72.8 Å². The first kappa shape index (κ1) is 59.0. The molecule has 2 heterocycles. The van der Waals surface area contributed by atoms with Gasteiger partial charge in [-0.3, -0.25) is 0 Å². The van der Waals surface area contributed by atoms with Gasteiger partial charge in [0.2, 0.25) is 0 Å². The molecule has 13 heteroatoms. The molecule has 0 radical (unpaired) electrons. The van der Waals surface area contributed by atoms with E-state index in [-0.39, 0.29) is 25.4 Å². The molecular weight excluding hydrogens is 1130 g/mol. The Balaban J connectivity index is 0.604. The Bertz CT molecular complexity index is 3490. The Morgan fingerprint density at radius 3 is 1.08 bits per heavy atom. The Labute approximate surface area is 523 Å². The van der Waals surface area contributed by atoms with Crippen molar-refractivity contribution in [3.63, 3.8) is 0 Å². The first-order chi connectivity index (χ1) is 42.9. The first-order valence-corrected chi connectivity index (χ1v) is 32.2. The molecule has 4 unspecified atom stereocenters. The van der Waals surface area contributed by atoms with E-state index in [9.17, 15) is 10.2 Å². The molecular formula is C74H68N6O4S3. The van der Waals surface area contributed by atoms with E-state index in [0.29, 0.717) is 24.6 Å². The minimum atomic E-state index is -0.637. The van der Waals surface area contributed by atoms with Gasteiger partial charge in [-0.25, -0.2) is 10.0 Å². The minimum absolute atomic E-state index is 0.119. The zero-order valence-corrected chi connectivity index (χ0v) is 50.6. The Morgan fingerprint density at radius 1 is 0.414 bits per heavy atom. The fourth-order valence-corrected chi connectivity index (χ4v) is 13.2. The number of anilines is 8. The van der Waals surface area contributed by atoms with Gasteiger partial charge in [-0.1, -0.05) is 133 Å². The Morgan fingerprint density at radius 2 is 0.736 bits per heavy atom. The second-order valence-electron chi connectivity index (χ2n) is 21.4. The van der Waals surface area contributed by atoms with Crippen LogP contribution in [0.2, 0.25) is 0 Å².